The van der Waals surface area contributed by atoms with Crippen molar-refractivity contribution in [2.45, 2.75) is 70.4 Å². The number of carbonyl (C=O) groups excluding carboxylic acids is 1. The van der Waals surface area contributed by atoms with Gasteiger partial charge in [0.1, 0.15) is 12.2 Å². The summed E-state index contributed by atoms with van der Waals surface area (Å²) in [6.07, 6.45) is 2.34. The molecule has 1 aromatic carbocycles. The number of carbonyl (C=O) groups is 1. The molecule has 1 saturated heterocycles. The monoisotopic (exact) mass is 378 g/mol. The standard InChI is InChI=1S/C21H30O6/c1-15(26-21-19(23)14-18(22)16(2)27-21)8-6-7-11-20(24)25-13-12-17-9-4-3-5-10-17/h3-5,7,9-11,15-16,19-21,23-24H,6,8,12-14H2,1-2H3/b11-7+/t15-,16+,19-,20?,21-/m1/s1. The second-order valence-electron chi connectivity index (χ2n) is 6.83. The second-order valence-corrected chi connectivity index (χ2v) is 6.83. The van der Waals surface area contributed by atoms with Gasteiger partial charge in [-0.05, 0) is 44.7 Å². The molecule has 1 fully saturated rings. The molecule has 150 valence electrons. The van der Waals surface area contributed by atoms with Gasteiger partial charge in [-0.1, -0.05) is 36.4 Å². The van der Waals surface area contributed by atoms with Gasteiger partial charge >= 0.3 is 0 Å². The van der Waals surface area contributed by atoms with Crippen molar-refractivity contribution in [1.82, 2.24) is 0 Å². The molecular weight excluding hydrogens is 348 g/mol. The molecule has 1 aromatic rings. The molecular formula is C21H30O6. The van der Waals surface area contributed by atoms with E-state index < -0.39 is 24.8 Å². The molecule has 27 heavy (non-hydrogen) atoms. The Hall–Kier alpha value is -1.57. The molecule has 2 rings (SSSR count). The highest BCUT2D eigenvalue weighted by Crippen LogP contribution is 2.20. The molecule has 0 amide bonds. The molecule has 1 heterocycles. The predicted molar refractivity (Wildman–Crippen MR) is 101 cm³/mol. The Balaban J connectivity index is 1.59. The highest BCUT2D eigenvalue weighted by Gasteiger charge is 2.34. The fraction of sp³-hybridized carbons (Fsp3) is 0.571. The number of Topliss-reactive ketones (excluding diaryl/α,β-unsaturated/α-hetero) is 1. The SMILES string of the molecule is C[C@H](CC/C=C/C(O)OCCc1ccccc1)O[C@@H]1O[C@@H](C)C(=O)C[C@H]1O. The van der Waals surface area contributed by atoms with Crippen LogP contribution in [0.2, 0.25) is 0 Å². The third-order valence-electron chi connectivity index (χ3n) is 4.45. The first kappa shape index (κ1) is 21.7. The van der Waals surface area contributed by atoms with Crippen LogP contribution in [0.4, 0.5) is 0 Å². The van der Waals surface area contributed by atoms with Crippen LogP contribution in [0.3, 0.4) is 0 Å². The first-order valence-corrected chi connectivity index (χ1v) is 9.47. The first-order chi connectivity index (χ1) is 13.0. The topological polar surface area (TPSA) is 85.2 Å². The molecule has 0 saturated carbocycles. The van der Waals surface area contributed by atoms with Gasteiger partial charge in [0.05, 0.1) is 12.7 Å². The number of hydrogen-bond acceptors (Lipinski definition) is 6. The number of benzene rings is 1. The lowest BCUT2D eigenvalue weighted by atomic mass is 10.1. The van der Waals surface area contributed by atoms with Gasteiger partial charge in [-0.15, -0.1) is 0 Å². The number of ketones is 1. The van der Waals surface area contributed by atoms with Crippen molar-refractivity contribution >= 4 is 5.78 Å². The van der Waals surface area contributed by atoms with E-state index in [2.05, 4.69) is 0 Å². The lowest BCUT2D eigenvalue weighted by Crippen LogP contribution is -2.46. The van der Waals surface area contributed by atoms with Crippen LogP contribution in [-0.2, 0) is 25.4 Å². The smallest absolute Gasteiger partial charge is 0.185 e. The molecule has 0 spiro atoms. The Morgan fingerprint density at radius 2 is 2.07 bits per heavy atom. The van der Waals surface area contributed by atoms with Gasteiger partial charge in [0, 0.05) is 6.42 Å². The molecule has 2 N–H and O–H groups in total. The van der Waals surface area contributed by atoms with Gasteiger partial charge in [0.2, 0.25) is 0 Å². The summed E-state index contributed by atoms with van der Waals surface area (Å²) in [5.41, 5.74) is 1.17. The third-order valence-corrected chi connectivity index (χ3v) is 4.45. The molecule has 1 unspecified atom stereocenters. The normalized spacial score (nSPS) is 25.6. The highest BCUT2D eigenvalue weighted by molar-refractivity contribution is 5.83. The van der Waals surface area contributed by atoms with E-state index in [-0.39, 0.29) is 18.3 Å². The van der Waals surface area contributed by atoms with Crippen molar-refractivity contribution in [3.8, 4) is 0 Å². The second kappa shape index (κ2) is 11.3. The lowest BCUT2D eigenvalue weighted by Gasteiger charge is -2.32. The Morgan fingerprint density at radius 1 is 1.33 bits per heavy atom. The Labute approximate surface area is 160 Å². The van der Waals surface area contributed by atoms with Gasteiger partial charge in [0.15, 0.2) is 18.4 Å². The van der Waals surface area contributed by atoms with Gasteiger partial charge in [-0.3, -0.25) is 4.79 Å². The summed E-state index contributed by atoms with van der Waals surface area (Å²) in [5, 5.41) is 19.7. The van der Waals surface area contributed by atoms with Crippen LogP contribution in [0.5, 0.6) is 0 Å². The summed E-state index contributed by atoms with van der Waals surface area (Å²) in [7, 11) is 0. The molecule has 6 heteroatoms. The molecule has 0 aromatic heterocycles. The van der Waals surface area contributed by atoms with Crippen LogP contribution in [0.15, 0.2) is 42.5 Å². The van der Waals surface area contributed by atoms with Crippen molar-refractivity contribution in [3.05, 3.63) is 48.0 Å². The number of ether oxygens (including phenoxy) is 3. The number of rotatable bonds is 10. The van der Waals surface area contributed by atoms with Crippen LogP contribution in [0.25, 0.3) is 0 Å². The van der Waals surface area contributed by atoms with Crippen LogP contribution in [0.1, 0.15) is 38.7 Å². The van der Waals surface area contributed by atoms with E-state index in [1.54, 1.807) is 13.0 Å². The minimum atomic E-state index is -0.930. The molecule has 6 nitrogen and oxygen atoms in total. The molecule has 0 radical (unpaired) electrons. The van der Waals surface area contributed by atoms with Crippen LogP contribution < -0.4 is 0 Å². The summed E-state index contributed by atoms with van der Waals surface area (Å²) < 4.78 is 16.5. The van der Waals surface area contributed by atoms with Gasteiger partial charge < -0.3 is 24.4 Å². The average molecular weight is 378 g/mol. The van der Waals surface area contributed by atoms with E-state index in [4.69, 9.17) is 14.2 Å². The van der Waals surface area contributed by atoms with Crippen LogP contribution in [-0.4, -0.2) is 53.5 Å². The van der Waals surface area contributed by atoms with Gasteiger partial charge in [-0.2, -0.15) is 0 Å². The Morgan fingerprint density at radius 3 is 2.81 bits per heavy atom. The molecule has 0 aliphatic carbocycles. The van der Waals surface area contributed by atoms with E-state index in [1.165, 1.54) is 5.56 Å². The zero-order valence-electron chi connectivity index (χ0n) is 16.0. The molecule has 1 aliphatic rings. The zero-order valence-corrected chi connectivity index (χ0v) is 16.0. The largest absolute Gasteiger partial charge is 0.387 e. The molecule has 0 bridgehead atoms. The summed E-state index contributed by atoms with van der Waals surface area (Å²) in [4.78, 5) is 11.5. The molecule has 5 atom stereocenters. The van der Waals surface area contributed by atoms with E-state index in [9.17, 15) is 15.0 Å². The summed E-state index contributed by atoms with van der Waals surface area (Å²) >= 11 is 0. The quantitative estimate of drug-likeness (QED) is 0.480. The number of aliphatic hydroxyl groups excluding tert-OH is 2. The van der Waals surface area contributed by atoms with Crippen LogP contribution in [0, 0.1) is 0 Å². The van der Waals surface area contributed by atoms with Crippen LogP contribution >= 0.6 is 0 Å². The van der Waals surface area contributed by atoms with Crippen molar-refractivity contribution in [1.29, 1.82) is 0 Å². The third kappa shape index (κ3) is 7.91. The lowest BCUT2D eigenvalue weighted by molar-refractivity contribution is -0.243. The summed E-state index contributed by atoms with van der Waals surface area (Å²) in [6.45, 7) is 4.00. The predicted octanol–water partition coefficient (Wildman–Crippen LogP) is 2.37. The summed E-state index contributed by atoms with van der Waals surface area (Å²) in [5.74, 6) is -0.112. The highest BCUT2D eigenvalue weighted by atomic mass is 16.7. The average Bonchev–Trinajstić information content (AvgIpc) is 2.64. The zero-order chi connectivity index (χ0) is 19.6. The van der Waals surface area contributed by atoms with Gasteiger partial charge in [0.25, 0.3) is 0 Å². The summed E-state index contributed by atoms with van der Waals surface area (Å²) in [6, 6.07) is 9.97. The maximum absolute atomic E-state index is 11.5. The number of hydrogen-bond donors (Lipinski definition) is 2. The number of allylic oxidation sites excluding steroid dienone is 1. The maximum atomic E-state index is 11.5. The van der Waals surface area contributed by atoms with Crippen molar-refractivity contribution in [2.24, 2.45) is 0 Å². The first-order valence-electron chi connectivity index (χ1n) is 9.47. The van der Waals surface area contributed by atoms with Gasteiger partial charge in [-0.25, -0.2) is 0 Å². The maximum Gasteiger partial charge on any atom is 0.185 e. The Kier molecular flexibility index (Phi) is 9.10. The van der Waals surface area contributed by atoms with Crippen molar-refractivity contribution in [2.75, 3.05) is 6.61 Å². The number of aliphatic hydroxyl groups is 2. The minimum absolute atomic E-state index is 0.0605. The Bertz CT molecular complexity index is 588. The fourth-order valence-electron chi connectivity index (χ4n) is 2.80. The minimum Gasteiger partial charge on any atom is -0.387 e. The van der Waals surface area contributed by atoms with E-state index in [0.29, 0.717) is 19.4 Å². The fourth-order valence-corrected chi connectivity index (χ4v) is 2.80. The molecule has 1 aliphatic heterocycles. The van der Waals surface area contributed by atoms with Crippen molar-refractivity contribution in [3.63, 3.8) is 0 Å². The van der Waals surface area contributed by atoms with Crippen molar-refractivity contribution < 1.29 is 29.2 Å². The van der Waals surface area contributed by atoms with E-state index in [1.807, 2.05) is 43.3 Å². The van der Waals surface area contributed by atoms with E-state index in [0.717, 1.165) is 6.42 Å². The van der Waals surface area contributed by atoms with E-state index >= 15 is 0 Å².